The van der Waals surface area contributed by atoms with Crippen LogP contribution >= 0.6 is 0 Å². The Balaban J connectivity index is 2.24. The Labute approximate surface area is 163 Å². The molecule has 156 valence electrons. The van der Waals surface area contributed by atoms with E-state index in [-0.39, 0.29) is 17.8 Å². The first kappa shape index (κ1) is 23.8. The van der Waals surface area contributed by atoms with Crippen LogP contribution in [0.25, 0.3) is 0 Å². The van der Waals surface area contributed by atoms with Crippen LogP contribution in [0.1, 0.15) is 90.4 Å². The summed E-state index contributed by atoms with van der Waals surface area (Å²) < 4.78 is 0. The van der Waals surface area contributed by atoms with Crippen LogP contribution in [0.15, 0.2) is 11.8 Å². The number of hydrogen-bond acceptors (Lipinski definition) is 5. The summed E-state index contributed by atoms with van der Waals surface area (Å²) in [5.41, 5.74) is 0. The Hall–Kier alpha value is -1.20. The summed E-state index contributed by atoms with van der Waals surface area (Å²) in [7, 11) is 0. The van der Waals surface area contributed by atoms with Crippen LogP contribution in [-0.4, -0.2) is 39.6 Å². The van der Waals surface area contributed by atoms with Gasteiger partial charge in [0.2, 0.25) is 5.78 Å². The Morgan fingerprint density at radius 3 is 2.59 bits per heavy atom. The predicted molar refractivity (Wildman–Crippen MR) is 106 cm³/mol. The first-order valence-electron chi connectivity index (χ1n) is 10.7. The summed E-state index contributed by atoms with van der Waals surface area (Å²) in [5.74, 6) is -0.0702. The van der Waals surface area contributed by atoms with E-state index >= 15 is 0 Å². The van der Waals surface area contributed by atoms with Gasteiger partial charge in [-0.15, -0.1) is 0 Å². The van der Waals surface area contributed by atoms with Crippen LogP contribution < -0.4 is 0 Å². The largest absolute Gasteiger partial charge is 0.505 e. The first-order valence-corrected chi connectivity index (χ1v) is 10.7. The van der Waals surface area contributed by atoms with E-state index in [4.69, 9.17) is 5.11 Å². The second kappa shape index (κ2) is 13.9. The highest BCUT2D eigenvalue weighted by Crippen LogP contribution is 2.36. The minimum absolute atomic E-state index is 0.138. The van der Waals surface area contributed by atoms with Crippen molar-refractivity contribution in [3.05, 3.63) is 11.8 Å². The highest BCUT2D eigenvalue weighted by Gasteiger charge is 2.33. The number of hydrogen-bond donors (Lipinski definition) is 3. The lowest BCUT2D eigenvalue weighted by atomic mass is 9.86. The molecule has 1 aliphatic carbocycles. The Bertz CT molecular complexity index is 471. The fraction of sp³-hybridized carbons (Fsp3) is 0.818. The summed E-state index contributed by atoms with van der Waals surface area (Å²) in [5, 5.41) is 28.1. The van der Waals surface area contributed by atoms with E-state index in [1.807, 2.05) is 0 Å². The van der Waals surface area contributed by atoms with Gasteiger partial charge in [0.15, 0.2) is 5.76 Å². The number of unbranched alkanes of at least 4 members (excludes halogenated alkanes) is 4. The smallest absolute Gasteiger partial charge is 0.221 e. The van der Waals surface area contributed by atoms with E-state index in [0.717, 1.165) is 57.8 Å². The maximum Gasteiger partial charge on any atom is 0.221 e. The predicted octanol–water partition coefficient (Wildman–Crippen LogP) is 4.26. The lowest BCUT2D eigenvalue weighted by Crippen LogP contribution is -2.16. The van der Waals surface area contributed by atoms with Crippen LogP contribution in [0.4, 0.5) is 0 Å². The Morgan fingerprint density at radius 2 is 1.89 bits per heavy atom. The van der Waals surface area contributed by atoms with Gasteiger partial charge in [-0.05, 0) is 56.9 Å². The van der Waals surface area contributed by atoms with Crippen molar-refractivity contribution in [2.24, 2.45) is 11.8 Å². The number of aliphatic hydroxyl groups excluding tert-OH is 3. The monoisotopic (exact) mass is 382 g/mol. The van der Waals surface area contributed by atoms with Crippen molar-refractivity contribution < 1.29 is 24.9 Å². The Kier molecular flexibility index (Phi) is 12.3. The molecule has 1 saturated carbocycles. The number of Topliss-reactive ketones (excluding diaryl/α,β-unsaturated/α-hetero) is 2. The molecular weight excluding hydrogens is 344 g/mol. The molecular formula is C22H38O5. The summed E-state index contributed by atoms with van der Waals surface area (Å²) in [6.07, 6.45) is 13.2. The molecule has 0 bridgehead atoms. The maximum atomic E-state index is 12.2. The maximum absolute atomic E-state index is 12.2. The Morgan fingerprint density at radius 1 is 1.15 bits per heavy atom. The lowest BCUT2D eigenvalue weighted by Gasteiger charge is -2.19. The third-order valence-electron chi connectivity index (χ3n) is 5.73. The molecule has 0 aromatic rings. The number of carbonyl (C=O) groups is 2. The first-order chi connectivity index (χ1) is 13.0. The average Bonchev–Trinajstić information content (AvgIpc) is 3.00. The van der Waals surface area contributed by atoms with Crippen molar-refractivity contribution >= 4 is 11.6 Å². The molecule has 0 amide bonds. The molecule has 5 nitrogen and oxygen atoms in total. The van der Waals surface area contributed by atoms with Crippen LogP contribution in [0.3, 0.4) is 0 Å². The molecule has 1 fully saturated rings. The van der Waals surface area contributed by atoms with Gasteiger partial charge in [-0.25, -0.2) is 0 Å². The van der Waals surface area contributed by atoms with Crippen molar-refractivity contribution in [2.45, 2.75) is 96.5 Å². The van der Waals surface area contributed by atoms with Crippen molar-refractivity contribution in [3.63, 3.8) is 0 Å². The van der Waals surface area contributed by atoms with E-state index in [2.05, 4.69) is 6.92 Å². The summed E-state index contributed by atoms with van der Waals surface area (Å²) >= 11 is 0. The summed E-state index contributed by atoms with van der Waals surface area (Å²) in [6, 6.07) is 0. The highest BCUT2D eigenvalue weighted by molar-refractivity contribution is 5.93. The standard InChI is InChI=1S/C22H38O5/c1-2-3-5-10-18(24)11-8-9-17-14-15-20(25)19(17)12-6-4-7-13-21(26)22(27)16-23/h13,17-19,23-24,26H,2-12,14-16H2,1H3/t17-,18?,19+/m0/s1. The molecule has 27 heavy (non-hydrogen) atoms. The average molecular weight is 383 g/mol. The molecule has 1 aliphatic rings. The van der Waals surface area contributed by atoms with Crippen LogP contribution in [-0.2, 0) is 9.59 Å². The fourth-order valence-corrected chi connectivity index (χ4v) is 4.05. The van der Waals surface area contributed by atoms with E-state index in [1.165, 1.54) is 18.9 Å². The second-order valence-corrected chi connectivity index (χ2v) is 7.91. The van der Waals surface area contributed by atoms with Gasteiger partial charge in [-0.3, -0.25) is 9.59 Å². The third kappa shape index (κ3) is 9.52. The normalized spacial score (nSPS) is 21.6. The molecule has 0 saturated heterocycles. The third-order valence-corrected chi connectivity index (χ3v) is 5.73. The van der Waals surface area contributed by atoms with Gasteiger partial charge in [0.05, 0.1) is 6.10 Å². The van der Waals surface area contributed by atoms with Gasteiger partial charge >= 0.3 is 0 Å². The van der Waals surface area contributed by atoms with Gasteiger partial charge in [-0.1, -0.05) is 39.0 Å². The molecule has 0 spiro atoms. The van der Waals surface area contributed by atoms with Crippen molar-refractivity contribution in [1.82, 2.24) is 0 Å². The molecule has 3 N–H and O–H groups in total. The summed E-state index contributed by atoms with van der Waals surface area (Å²) in [4.78, 5) is 23.2. The molecule has 1 rings (SSSR count). The van der Waals surface area contributed by atoms with E-state index in [9.17, 15) is 19.8 Å². The second-order valence-electron chi connectivity index (χ2n) is 7.91. The number of aliphatic hydroxyl groups is 3. The van der Waals surface area contributed by atoms with Crippen molar-refractivity contribution in [3.8, 4) is 0 Å². The zero-order chi connectivity index (χ0) is 20.1. The molecule has 0 heterocycles. The van der Waals surface area contributed by atoms with E-state index < -0.39 is 12.4 Å². The van der Waals surface area contributed by atoms with Gasteiger partial charge < -0.3 is 15.3 Å². The number of ketones is 2. The quantitative estimate of drug-likeness (QED) is 0.223. The molecule has 1 unspecified atom stereocenters. The molecule has 0 radical (unpaired) electrons. The van der Waals surface area contributed by atoms with Crippen LogP contribution in [0.5, 0.6) is 0 Å². The summed E-state index contributed by atoms with van der Waals surface area (Å²) in [6.45, 7) is 1.49. The van der Waals surface area contributed by atoms with E-state index in [1.54, 1.807) is 0 Å². The molecule has 5 heteroatoms. The van der Waals surface area contributed by atoms with Gasteiger partial charge in [-0.2, -0.15) is 0 Å². The van der Waals surface area contributed by atoms with Gasteiger partial charge in [0.1, 0.15) is 12.4 Å². The van der Waals surface area contributed by atoms with Crippen molar-refractivity contribution in [1.29, 1.82) is 0 Å². The minimum Gasteiger partial charge on any atom is -0.505 e. The number of rotatable bonds is 15. The minimum atomic E-state index is -0.673. The molecule has 0 aromatic heterocycles. The lowest BCUT2D eigenvalue weighted by molar-refractivity contribution is -0.121. The van der Waals surface area contributed by atoms with Crippen LogP contribution in [0.2, 0.25) is 0 Å². The zero-order valence-corrected chi connectivity index (χ0v) is 16.9. The number of allylic oxidation sites excluding steroid dienone is 1. The molecule has 0 aliphatic heterocycles. The molecule has 0 aromatic carbocycles. The van der Waals surface area contributed by atoms with Gasteiger partial charge in [0.25, 0.3) is 0 Å². The van der Waals surface area contributed by atoms with E-state index in [0.29, 0.717) is 24.5 Å². The van der Waals surface area contributed by atoms with Crippen molar-refractivity contribution in [2.75, 3.05) is 6.61 Å². The fourth-order valence-electron chi connectivity index (χ4n) is 4.05. The van der Waals surface area contributed by atoms with Gasteiger partial charge in [0, 0.05) is 12.3 Å². The SMILES string of the molecule is CCCCCC(O)CCC[C@H]1CCC(=O)[C@@H]1CCCCC=C(O)C(=O)CO. The topological polar surface area (TPSA) is 94.8 Å². The highest BCUT2D eigenvalue weighted by atomic mass is 16.3. The zero-order valence-electron chi connectivity index (χ0n) is 16.9. The molecule has 3 atom stereocenters. The van der Waals surface area contributed by atoms with Crippen LogP contribution in [0, 0.1) is 11.8 Å². The number of carbonyl (C=O) groups excluding carboxylic acids is 2.